The first kappa shape index (κ1) is 24.9. The molecule has 194 valence electrons. The third-order valence-electron chi connectivity index (χ3n) is 7.16. The molecular formula is C28H32FN5O3. The topological polar surface area (TPSA) is 90.4 Å². The van der Waals surface area contributed by atoms with E-state index in [-0.39, 0.29) is 35.6 Å². The van der Waals surface area contributed by atoms with Crippen LogP contribution < -0.4 is 16.6 Å². The van der Waals surface area contributed by atoms with E-state index in [0.29, 0.717) is 34.5 Å². The number of nitrogens with zero attached hydrogens (tertiary/aromatic N) is 4. The molecule has 8 nitrogen and oxygen atoms in total. The second-order valence-corrected chi connectivity index (χ2v) is 10.4. The van der Waals surface area contributed by atoms with E-state index in [0.717, 1.165) is 32.1 Å². The van der Waals surface area contributed by atoms with Gasteiger partial charge >= 0.3 is 5.69 Å². The Kier molecular flexibility index (Phi) is 6.95. The van der Waals surface area contributed by atoms with E-state index < -0.39 is 5.69 Å². The standard InChI is InChI=1S/C28H32FN5O3/c1-18(2)14-15-32-26(36)23-13-10-20(25(35)30-22-6-4-3-5-7-22)16-24(23)34-27(32)31-33(28(34)37)17-19-8-11-21(29)12-9-19/h8-13,16,18,22H,3-7,14-15,17H2,1-2H3,(H,30,35). The quantitative estimate of drug-likeness (QED) is 0.409. The molecule has 0 bridgehead atoms. The highest BCUT2D eigenvalue weighted by Gasteiger charge is 2.21. The molecule has 0 unspecified atom stereocenters. The number of halogens is 1. The molecular weight excluding hydrogens is 473 g/mol. The van der Waals surface area contributed by atoms with Crippen LogP contribution in [0, 0.1) is 11.7 Å². The van der Waals surface area contributed by atoms with E-state index in [9.17, 15) is 18.8 Å². The highest BCUT2D eigenvalue weighted by molar-refractivity contribution is 5.98. The Hall–Kier alpha value is -3.75. The lowest BCUT2D eigenvalue weighted by atomic mass is 9.95. The van der Waals surface area contributed by atoms with Crippen molar-refractivity contribution in [3.63, 3.8) is 0 Å². The van der Waals surface area contributed by atoms with Crippen LogP contribution in [0.15, 0.2) is 52.1 Å². The first-order chi connectivity index (χ1) is 17.8. The van der Waals surface area contributed by atoms with E-state index in [1.54, 1.807) is 30.3 Å². The molecule has 0 atom stereocenters. The number of hydrogen-bond acceptors (Lipinski definition) is 4. The third kappa shape index (κ3) is 5.08. The maximum absolute atomic E-state index is 13.6. The predicted molar refractivity (Wildman–Crippen MR) is 141 cm³/mol. The van der Waals surface area contributed by atoms with Gasteiger partial charge in [-0.1, -0.05) is 45.2 Å². The predicted octanol–water partition coefficient (Wildman–Crippen LogP) is 4.11. The molecule has 0 aliphatic heterocycles. The average molecular weight is 506 g/mol. The van der Waals surface area contributed by atoms with Gasteiger partial charge in [0.1, 0.15) is 5.82 Å². The van der Waals surface area contributed by atoms with Gasteiger partial charge in [0.05, 0.1) is 17.4 Å². The Labute approximate surface area is 213 Å². The van der Waals surface area contributed by atoms with Crippen LogP contribution >= 0.6 is 0 Å². The van der Waals surface area contributed by atoms with Gasteiger partial charge in [-0.05, 0) is 61.1 Å². The fourth-order valence-corrected chi connectivity index (χ4v) is 5.03. The normalized spacial score (nSPS) is 14.6. The number of fused-ring (bicyclic) bond motifs is 3. The number of aryl methyl sites for hydroxylation is 1. The summed E-state index contributed by atoms with van der Waals surface area (Å²) in [5.74, 6) is 0.00738. The van der Waals surface area contributed by atoms with Crippen LogP contribution in [0.2, 0.25) is 0 Å². The molecule has 9 heteroatoms. The molecule has 5 rings (SSSR count). The van der Waals surface area contributed by atoms with Crippen molar-refractivity contribution in [2.75, 3.05) is 0 Å². The minimum absolute atomic E-state index is 0.127. The maximum Gasteiger partial charge on any atom is 0.352 e. The van der Waals surface area contributed by atoms with Crippen molar-refractivity contribution in [1.29, 1.82) is 0 Å². The zero-order valence-corrected chi connectivity index (χ0v) is 21.2. The van der Waals surface area contributed by atoms with Crippen LogP contribution in [0.1, 0.15) is 68.3 Å². The summed E-state index contributed by atoms with van der Waals surface area (Å²) in [6.45, 7) is 4.68. The maximum atomic E-state index is 13.6. The monoisotopic (exact) mass is 505 g/mol. The van der Waals surface area contributed by atoms with Gasteiger partial charge in [0, 0.05) is 18.2 Å². The highest BCUT2D eigenvalue weighted by Crippen LogP contribution is 2.19. The lowest BCUT2D eigenvalue weighted by Gasteiger charge is -2.22. The first-order valence-electron chi connectivity index (χ1n) is 13.0. The third-order valence-corrected chi connectivity index (χ3v) is 7.16. The van der Waals surface area contributed by atoms with E-state index in [1.807, 2.05) is 0 Å². The van der Waals surface area contributed by atoms with E-state index in [2.05, 4.69) is 24.3 Å². The van der Waals surface area contributed by atoms with E-state index >= 15 is 0 Å². The summed E-state index contributed by atoms with van der Waals surface area (Å²) in [5.41, 5.74) is 0.790. The number of carbonyl (C=O) groups is 1. The van der Waals surface area contributed by atoms with Crippen LogP contribution in [-0.4, -0.2) is 30.7 Å². The summed E-state index contributed by atoms with van der Waals surface area (Å²) < 4.78 is 17.6. The minimum Gasteiger partial charge on any atom is -0.349 e. The van der Waals surface area contributed by atoms with Crippen LogP contribution in [0.4, 0.5) is 4.39 Å². The van der Waals surface area contributed by atoms with Crippen molar-refractivity contribution in [2.24, 2.45) is 5.92 Å². The Morgan fingerprint density at radius 2 is 1.81 bits per heavy atom. The van der Waals surface area contributed by atoms with E-state index in [4.69, 9.17) is 0 Å². The van der Waals surface area contributed by atoms with Gasteiger partial charge in [-0.15, -0.1) is 5.10 Å². The summed E-state index contributed by atoms with van der Waals surface area (Å²) in [6, 6.07) is 10.9. The summed E-state index contributed by atoms with van der Waals surface area (Å²) in [5, 5.41) is 7.98. The molecule has 1 aliphatic rings. The Morgan fingerprint density at radius 3 is 2.51 bits per heavy atom. The Balaban J connectivity index is 1.63. The summed E-state index contributed by atoms with van der Waals surface area (Å²) in [6.07, 6.45) is 6.04. The van der Waals surface area contributed by atoms with Gasteiger partial charge in [-0.2, -0.15) is 0 Å². The molecule has 4 aromatic rings. The molecule has 1 N–H and O–H groups in total. The number of rotatable bonds is 7. The van der Waals surface area contributed by atoms with Crippen LogP contribution in [0.3, 0.4) is 0 Å². The fraction of sp³-hybridized carbons (Fsp3) is 0.429. The van der Waals surface area contributed by atoms with Crippen molar-refractivity contribution in [3.8, 4) is 0 Å². The molecule has 1 aliphatic carbocycles. The second-order valence-electron chi connectivity index (χ2n) is 10.4. The molecule has 2 aromatic heterocycles. The van der Waals surface area contributed by atoms with E-state index in [1.165, 1.54) is 32.2 Å². The van der Waals surface area contributed by atoms with Gasteiger partial charge in [0.15, 0.2) is 0 Å². The zero-order valence-electron chi connectivity index (χ0n) is 21.2. The molecule has 1 amide bonds. The van der Waals surface area contributed by atoms with Crippen molar-refractivity contribution in [1.82, 2.24) is 24.1 Å². The first-order valence-corrected chi connectivity index (χ1v) is 13.0. The highest BCUT2D eigenvalue weighted by atomic mass is 19.1. The number of carbonyl (C=O) groups excluding carboxylic acids is 1. The largest absolute Gasteiger partial charge is 0.352 e. The molecule has 0 radical (unpaired) electrons. The fourth-order valence-electron chi connectivity index (χ4n) is 5.03. The lowest BCUT2D eigenvalue weighted by Crippen LogP contribution is -2.36. The average Bonchev–Trinajstić information content (AvgIpc) is 3.21. The molecule has 37 heavy (non-hydrogen) atoms. The van der Waals surface area contributed by atoms with Crippen molar-refractivity contribution < 1.29 is 9.18 Å². The van der Waals surface area contributed by atoms with Gasteiger partial charge in [-0.3, -0.25) is 14.2 Å². The van der Waals surface area contributed by atoms with Crippen LogP contribution in [0.25, 0.3) is 16.7 Å². The SMILES string of the molecule is CC(C)CCn1c(=O)c2ccc(C(=O)NC3CCCCC3)cc2n2c(=O)n(Cc3ccc(F)cc3)nc12. The molecule has 2 heterocycles. The second kappa shape index (κ2) is 10.3. The molecule has 1 saturated carbocycles. The molecule has 0 spiro atoms. The summed E-state index contributed by atoms with van der Waals surface area (Å²) >= 11 is 0. The Morgan fingerprint density at radius 1 is 1.08 bits per heavy atom. The minimum atomic E-state index is -0.424. The number of aromatic nitrogens is 4. The van der Waals surface area contributed by atoms with Gasteiger partial charge in [0.25, 0.3) is 11.5 Å². The van der Waals surface area contributed by atoms with Crippen molar-refractivity contribution >= 4 is 22.6 Å². The van der Waals surface area contributed by atoms with Crippen molar-refractivity contribution in [2.45, 2.75) is 71.5 Å². The Bertz CT molecular complexity index is 1560. The zero-order chi connectivity index (χ0) is 26.1. The van der Waals surface area contributed by atoms with Crippen LogP contribution in [0.5, 0.6) is 0 Å². The van der Waals surface area contributed by atoms with Crippen LogP contribution in [-0.2, 0) is 13.1 Å². The number of hydrogen-bond donors (Lipinski definition) is 1. The number of nitrogens with one attached hydrogen (secondary N) is 1. The summed E-state index contributed by atoms with van der Waals surface area (Å²) in [7, 11) is 0. The lowest BCUT2D eigenvalue weighted by molar-refractivity contribution is 0.0928. The molecule has 2 aromatic carbocycles. The smallest absolute Gasteiger partial charge is 0.349 e. The molecule has 1 fully saturated rings. The van der Waals surface area contributed by atoms with Gasteiger partial charge in [0.2, 0.25) is 5.78 Å². The number of amides is 1. The molecule has 0 saturated heterocycles. The van der Waals surface area contributed by atoms with Gasteiger partial charge in [-0.25, -0.2) is 18.3 Å². The van der Waals surface area contributed by atoms with Gasteiger partial charge < -0.3 is 5.32 Å². The summed E-state index contributed by atoms with van der Waals surface area (Å²) in [4.78, 5) is 40.2. The van der Waals surface area contributed by atoms with Crippen molar-refractivity contribution in [3.05, 3.63) is 80.2 Å². The number of benzene rings is 2.